The molecule has 1 atom stereocenters. The summed E-state index contributed by atoms with van der Waals surface area (Å²) in [5.41, 5.74) is 1.40. The first kappa shape index (κ1) is 17.0. The van der Waals surface area contributed by atoms with E-state index in [0.717, 1.165) is 28.9 Å². The van der Waals surface area contributed by atoms with E-state index in [-0.39, 0.29) is 5.91 Å². The third kappa shape index (κ3) is 3.78. The van der Waals surface area contributed by atoms with Gasteiger partial charge in [0.1, 0.15) is 5.82 Å². The number of hydrogen-bond donors (Lipinski definition) is 1. The summed E-state index contributed by atoms with van der Waals surface area (Å²) >= 11 is 3.46. The minimum atomic E-state index is -0.115. The Hall–Kier alpha value is -1.88. The average Bonchev–Trinajstić information content (AvgIpc) is 2.63. The Bertz CT molecular complexity index is 719. The molecule has 1 aromatic carbocycles. The molecule has 1 aliphatic rings. The number of nitrogens with one attached hydrogen (secondary N) is 1. The first-order chi connectivity index (χ1) is 11.7. The number of anilines is 2. The van der Waals surface area contributed by atoms with E-state index in [1.165, 1.54) is 19.3 Å². The van der Waals surface area contributed by atoms with Crippen molar-refractivity contribution < 1.29 is 4.79 Å². The van der Waals surface area contributed by atoms with Crippen molar-refractivity contribution in [2.45, 2.75) is 38.6 Å². The number of carbonyl (C=O) groups is 1. The lowest BCUT2D eigenvalue weighted by Gasteiger charge is -2.36. The Kier molecular flexibility index (Phi) is 5.51. The summed E-state index contributed by atoms with van der Waals surface area (Å²) in [6, 6.07) is 11.8. The molecular formula is C19H22BrN3O. The number of rotatable bonds is 4. The van der Waals surface area contributed by atoms with Gasteiger partial charge in [0, 0.05) is 28.8 Å². The maximum Gasteiger partial charge on any atom is 0.255 e. The normalized spacial score (nSPS) is 17.6. The summed E-state index contributed by atoms with van der Waals surface area (Å²) in [6.07, 6.45) is 6.50. The van der Waals surface area contributed by atoms with Crippen LogP contribution >= 0.6 is 15.9 Å². The van der Waals surface area contributed by atoms with Crippen molar-refractivity contribution in [2.24, 2.45) is 0 Å². The van der Waals surface area contributed by atoms with Gasteiger partial charge < -0.3 is 10.2 Å². The highest BCUT2D eigenvalue weighted by Gasteiger charge is 2.22. The predicted molar refractivity (Wildman–Crippen MR) is 102 cm³/mol. The maximum atomic E-state index is 12.6. The highest BCUT2D eigenvalue weighted by Crippen LogP contribution is 2.26. The van der Waals surface area contributed by atoms with Gasteiger partial charge in [-0.05, 0) is 65.9 Å². The van der Waals surface area contributed by atoms with Crippen LogP contribution in [-0.4, -0.2) is 23.5 Å². The van der Waals surface area contributed by atoms with E-state index in [0.29, 0.717) is 11.6 Å². The number of nitrogens with zero attached hydrogens (tertiary/aromatic N) is 2. The quantitative estimate of drug-likeness (QED) is 0.813. The zero-order chi connectivity index (χ0) is 16.9. The third-order valence-corrected chi connectivity index (χ3v) is 5.21. The summed E-state index contributed by atoms with van der Waals surface area (Å²) in [6.45, 7) is 3.23. The molecular weight excluding hydrogens is 366 g/mol. The van der Waals surface area contributed by atoms with Crippen LogP contribution in [0.5, 0.6) is 0 Å². The molecule has 5 heteroatoms. The lowest BCUT2D eigenvalue weighted by atomic mass is 10.00. The minimum Gasteiger partial charge on any atom is -0.354 e. The molecule has 1 aliphatic heterocycles. The lowest BCUT2D eigenvalue weighted by molar-refractivity contribution is 0.102. The lowest BCUT2D eigenvalue weighted by Crippen LogP contribution is -2.39. The predicted octanol–water partition coefficient (Wildman–Crippen LogP) is 4.87. The number of carbonyl (C=O) groups excluding carboxylic acids is 1. The van der Waals surface area contributed by atoms with Crippen molar-refractivity contribution in [1.82, 2.24) is 4.98 Å². The Morgan fingerprint density at radius 1 is 1.33 bits per heavy atom. The fourth-order valence-electron chi connectivity index (χ4n) is 3.20. The van der Waals surface area contributed by atoms with Crippen LogP contribution in [0.1, 0.15) is 43.0 Å². The first-order valence-electron chi connectivity index (χ1n) is 8.47. The van der Waals surface area contributed by atoms with Crippen LogP contribution < -0.4 is 10.2 Å². The summed E-state index contributed by atoms with van der Waals surface area (Å²) < 4.78 is 0.870. The van der Waals surface area contributed by atoms with Gasteiger partial charge >= 0.3 is 0 Å². The van der Waals surface area contributed by atoms with Crippen LogP contribution in [0.3, 0.4) is 0 Å². The molecule has 2 aromatic rings. The molecule has 1 N–H and O–H groups in total. The SMILES string of the molecule is CCC1CCCCN1c1cc(C(=O)Nc2ccccc2Br)ccn1. The van der Waals surface area contributed by atoms with Gasteiger partial charge in [0.15, 0.2) is 0 Å². The van der Waals surface area contributed by atoms with E-state index in [2.05, 4.69) is 38.1 Å². The molecule has 0 saturated carbocycles. The highest BCUT2D eigenvalue weighted by atomic mass is 79.9. The molecule has 1 saturated heterocycles. The van der Waals surface area contributed by atoms with Crippen LogP contribution in [0.4, 0.5) is 11.5 Å². The molecule has 3 rings (SSSR count). The highest BCUT2D eigenvalue weighted by molar-refractivity contribution is 9.10. The van der Waals surface area contributed by atoms with E-state index in [4.69, 9.17) is 0 Å². The Morgan fingerprint density at radius 3 is 2.96 bits per heavy atom. The molecule has 0 bridgehead atoms. The number of halogens is 1. The maximum absolute atomic E-state index is 12.6. The van der Waals surface area contributed by atoms with Crippen LogP contribution in [-0.2, 0) is 0 Å². The number of aromatic nitrogens is 1. The minimum absolute atomic E-state index is 0.115. The van der Waals surface area contributed by atoms with Gasteiger partial charge in [-0.1, -0.05) is 19.1 Å². The molecule has 0 aliphatic carbocycles. The first-order valence-corrected chi connectivity index (χ1v) is 9.27. The summed E-state index contributed by atoms with van der Waals surface area (Å²) in [4.78, 5) is 19.4. The van der Waals surface area contributed by atoms with Crippen molar-refractivity contribution in [3.8, 4) is 0 Å². The fraction of sp³-hybridized carbons (Fsp3) is 0.368. The van der Waals surface area contributed by atoms with Crippen LogP contribution in [0.25, 0.3) is 0 Å². The van der Waals surface area contributed by atoms with Crippen molar-refractivity contribution in [1.29, 1.82) is 0 Å². The second-order valence-electron chi connectivity index (χ2n) is 6.09. The second-order valence-corrected chi connectivity index (χ2v) is 6.94. The van der Waals surface area contributed by atoms with E-state index in [9.17, 15) is 4.79 Å². The number of benzene rings is 1. The Labute approximate surface area is 151 Å². The molecule has 1 unspecified atom stereocenters. The van der Waals surface area contributed by atoms with Gasteiger partial charge in [0.05, 0.1) is 5.69 Å². The number of pyridine rings is 1. The molecule has 24 heavy (non-hydrogen) atoms. The van der Waals surface area contributed by atoms with Crippen molar-refractivity contribution in [3.05, 3.63) is 52.6 Å². The van der Waals surface area contributed by atoms with Crippen LogP contribution in [0.15, 0.2) is 47.1 Å². The van der Waals surface area contributed by atoms with Gasteiger partial charge in [-0.15, -0.1) is 0 Å². The molecule has 2 heterocycles. The van der Waals surface area contributed by atoms with Crippen LogP contribution in [0.2, 0.25) is 0 Å². The van der Waals surface area contributed by atoms with E-state index in [1.807, 2.05) is 30.3 Å². The van der Waals surface area contributed by atoms with Crippen molar-refractivity contribution in [3.63, 3.8) is 0 Å². The van der Waals surface area contributed by atoms with E-state index < -0.39 is 0 Å². The molecule has 4 nitrogen and oxygen atoms in total. The smallest absolute Gasteiger partial charge is 0.255 e. The molecule has 1 aromatic heterocycles. The van der Waals surface area contributed by atoms with Gasteiger partial charge in [-0.2, -0.15) is 0 Å². The second kappa shape index (κ2) is 7.79. The zero-order valence-corrected chi connectivity index (χ0v) is 15.4. The summed E-state index contributed by atoms with van der Waals surface area (Å²) in [5.74, 6) is 0.789. The van der Waals surface area contributed by atoms with Crippen molar-refractivity contribution >= 4 is 33.3 Å². The van der Waals surface area contributed by atoms with Gasteiger partial charge in [0.2, 0.25) is 0 Å². The topological polar surface area (TPSA) is 45.2 Å². The van der Waals surface area contributed by atoms with Gasteiger partial charge in [0.25, 0.3) is 5.91 Å². The third-order valence-electron chi connectivity index (χ3n) is 4.52. The van der Waals surface area contributed by atoms with Crippen molar-refractivity contribution in [2.75, 3.05) is 16.8 Å². The molecule has 126 valence electrons. The van der Waals surface area contributed by atoms with E-state index in [1.54, 1.807) is 12.3 Å². The monoisotopic (exact) mass is 387 g/mol. The zero-order valence-electron chi connectivity index (χ0n) is 13.8. The van der Waals surface area contributed by atoms with E-state index >= 15 is 0 Å². The standard InChI is InChI=1S/C19H22BrN3O/c1-2-15-7-5-6-12-23(15)18-13-14(10-11-21-18)19(24)22-17-9-4-3-8-16(17)20/h3-4,8-11,13,15H,2,5-7,12H2,1H3,(H,22,24). The Balaban J connectivity index is 1.79. The summed E-state index contributed by atoms with van der Waals surface area (Å²) in [7, 11) is 0. The molecule has 1 amide bonds. The fourth-order valence-corrected chi connectivity index (χ4v) is 3.58. The molecule has 0 spiro atoms. The average molecular weight is 388 g/mol. The number of amides is 1. The number of piperidine rings is 1. The van der Waals surface area contributed by atoms with Gasteiger partial charge in [-0.3, -0.25) is 4.79 Å². The number of para-hydroxylation sites is 1. The molecule has 0 radical (unpaired) electrons. The largest absolute Gasteiger partial charge is 0.354 e. The van der Waals surface area contributed by atoms with Gasteiger partial charge in [-0.25, -0.2) is 4.98 Å². The number of hydrogen-bond acceptors (Lipinski definition) is 3. The van der Waals surface area contributed by atoms with Crippen LogP contribution in [0, 0.1) is 0 Å². The molecule has 1 fully saturated rings. The Morgan fingerprint density at radius 2 is 2.17 bits per heavy atom. The summed E-state index contributed by atoms with van der Waals surface area (Å²) in [5, 5.41) is 2.95.